The molecule has 174 valence electrons. The van der Waals surface area contributed by atoms with Gasteiger partial charge >= 0.3 is 6.03 Å². The molecule has 0 fully saturated rings. The number of hydrogen-bond donors (Lipinski definition) is 3. The highest BCUT2D eigenvalue weighted by molar-refractivity contribution is 7.17. The summed E-state index contributed by atoms with van der Waals surface area (Å²) in [6.07, 6.45) is 0. The molecule has 9 nitrogen and oxygen atoms in total. The molecule has 1 heterocycles. The van der Waals surface area contributed by atoms with Crippen molar-refractivity contribution in [3.8, 4) is 11.5 Å². The summed E-state index contributed by atoms with van der Waals surface area (Å²) < 4.78 is 24.7. The molecular formula is C22H22FN3O6S. The number of thiophene rings is 1. The molecule has 1 aromatic heterocycles. The van der Waals surface area contributed by atoms with Gasteiger partial charge in [-0.05, 0) is 24.3 Å². The van der Waals surface area contributed by atoms with Crippen molar-refractivity contribution in [3.63, 3.8) is 0 Å². The van der Waals surface area contributed by atoms with E-state index in [4.69, 9.17) is 14.6 Å². The second-order valence-corrected chi connectivity index (χ2v) is 7.65. The number of rotatable bonds is 8. The fourth-order valence-corrected chi connectivity index (χ4v) is 3.80. The van der Waals surface area contributed by atoms with Crippen LogP contribution in [-0.2, 0) is 4.79 Å². The highest BCUT2D eigenvalue weighted by Crippen LogP contribution is 2.32. The van der Waals surface area contributed by atoms with Crippen molar-refractivity contribution in [2.75, 3.05) is 39.2 Å². The number of nitrogens with one attached hydrogen (secondary N) is 2. The van der Waals surface area contributed by atoms with Gasteiger partial charge in [0.1, 0.15) is 12.4 Å². The first kappa shape index (κ1) is 24.0. The van der Waals surface area contributed by atoms with Crippen molar-refractivity contribution in [2.45, 2.75) is 0 Å². The third-order valence-electron chi connectivity index (χ3n) is 4.65. The van der Waals surface area contributed by atoms with Crippen molar-refractivity contribution in [2.24, 2.45) is 0 Å². The molecule has 11 heteroatoms. The Hall–Kier alpha value is -3.70. The minimum atomic E-state index is -0.717. The lowest BCUT2D eigenvalue weighted by atomic mass is 10.2. The molecule has 3 N–H and O–H groups in total. The molecule has 0 radical (unpaired) electrons. The van der Waals surface area contributed by atoms with Crippen LogP contribution in [0.25, 0.3) is 10.1 Å². The van der Waals surface area contributed by atoms with Gasteiger partial charge in [0.15, 0.2) is 11.5 Å². The zero-order valence-corrected chi connectivity index (χ0v) is 18.7. The number of anilines is 1. The molecular weight excluding hydrogens is 453 g/mol. The van der Waals surface area contributed by atoms with Gasteiger partial charge in [-0.1, -0.05) is 12.1 Å². The number of nitrogens with zero attached hydrogens (tertiary/aromatic N) is 1. The van der Waals surface area contributed by atoms with Crippen molar-refractivity contribution in [3.05, 3.63) is 53.2 Å². The van der Waals surface area contributed by atoms with Crippen LogP contribution in [0.15, 0.2) is 41.8 Å². The van der Waals surface area contributed by atoms with Gasteiger partial charge in [0, 0.05) is 23.4 Å². The molecule has 0 aliphatic heterocycles. The molecule has 33 heavy (non-hydrogen) atoms. The normalized spacial score (nSPS) is 10.5. The van der Waals surface area contributed by atoms with Crippen LogP contribution in [0.2, 0.25) is 0 Å². The summed E-state index contributed by atoms with van der Waals surface area (Å²) in [5, 5.41) is 16.0. The zero-order chi connectivity index (χ0) is 24.0. The first-order chi connectivity index (χ1) is 15.8. The standard InChI is InChI=1S/C22H22FN3O6S/c1-26(22(30)25-16-12-33-20-14(16)4-3-5-15(20)23)19(28)11-24-21(29)13-6-7-17(32-9-8-27)18(10-13)31-2/h3-7,10,12,27H,8-9,11H2,1-2H3,(H,24,29)(H,25,30). The fourth-order valence-electron chi connectivity index (χ4n) is 2.89. The number of hydrogen-bond acceptors (Lipinski definition) is 7. The number of ether oxygens (including phenoxy) is 2. The van der Waals surface area contributed by atoms with Gasteiger partial charge in [-0.2, -0.15) is 0 Å². The Morgan fingerprint density at radius 1 is 1.18 bits per heavy atom. The van der Waals surface area contributed by atoms with Crippen LogP contribution in [0.1, 0.15) is 10.4 Å². The molecule has 0 spiro atoms. The number of carbonyl (C=O) groups excluding carboxylic acids is 3. The van der Waals surface area contributed by atoms with E-state index in [2.05, 4.69) is 10.6 Å². The van der Waals surface area contributed by atoms with Crippen LogP contribution in [0, 0.1) is 5.82 Å². The number of aliphatic hydroxyl groups is 1. The van der Waals surface area contributed by atoms with Gasteiger partial charge in [0.2, 0.25) is 5.91 Å². The van der Waals surface area contributed by atoms with Gasteiger partial charge in [-0.25, -0.2) is 9.18 Å². The van der Waals surface area contributed by atoms with E-state index in [1.807, 2.05) is 0 Å². The van der Waals surface area contributed by atoms with Gasteiger partial charge < -0.3 is 25.2 Å². The average Bonchev–Trinajstić information content (AvgIpc) is 3.24. The lowest BCUT2D eigenvalue weighted by molar-refractivity contribution is -0.126. The lowest BCUT2D eigenvalue weighted by Gasteiger charge is -2.16. The number of methoxy groups -OCH3 is 1. The Bertz CT molecular complexity index is 1180. The maximum Gasteiger partial charge on any atom is 0.328 e. The van der Waals surface area contributed by atoms with Crippen LogP contribution in [0.5, 0.6) is 11.5 Å². The number of amides is 4. The molecule has 3 rings (SSSR count). The topological polar surface area (TPSA) is 117 Å². The van der Waals surface area contributed by atoms with Crippen molar-refractivity contribution in [1.29, 1.82) is 0 Å². The third-order valence-corrected chi connectivity index (χ3v) is 5.65. The predicted octanol–water partition coefficient (Wildman–Crippen LogP) is 2.84. The van der Waals surface area contributed by atoms with E-state index in [0.717, 1.165) is 16.2 Å². The number of aliphatic hydroxyl groups excluding tert-OH is 1. The zero-order valence-electron chi connectivity index (χ0n) is 17.9. The quantitative estimate of drug-likeness (QED) is 0.461. The minimum absolute atomic E-state index is 0.0704. The Morgan fingerprint density at radius 3 is 2.70 bits per heavy atom. The molecule has 2 aromatic carbocycles. The highest BCUT2D eigenvalue weighted by Gasteiger charge is 2.20. The summed E-state index contributed by atoms with van der Waals surface area (Å²) in [6.45, 7) is -0.526. The monoisotopic (exact) mass is 475 g/mol. The van der Waals surface area contributed by atoms with E-state index in [1.54, 1.807) is 11.4 Å². The summed E-state index contributed by atoms with van der Waals surface area (Å²) >= 11 is 1.14. The lowest BCUT2D eigenvalue weighted by Crippen LogP contribution is -2.43. The van der Waals surface area contributed by atoms with Gasteiger partial charge in [-0.15, -0.1) is 11.3 Å². The van der Waals surface area contributed by atoms with Gasteiger partial charge in [0.05, 0.1) is 30.6 Å². The number of fused-ring (bicyclic) bond motifs is 1. The number of benzene rings is 2. The SMILES string of the molecule is COc1cc(C(=O)NCC(=O)N(C)C(=O)Nc2csc3c(F)cccc23)ccc1OCCO. The van der Waals surface area contributed by atoms with Crippen molar-refractivity contribution < 1.29 is 33.4 Å². The van der Waals surface area contributed by atoms with E-state index in [0.29, 0.717) is 27.3 Å². The second kappa shape index (κ2) is 10.7. The summed E-state index contributed by atoms with van der Waals surface area (Å²) in [6, 6.07) is 8.24. The van der Waals surface area contributed by atoms with E-state index < -0.39 is 30.2 Å². The number of carbonyl (C=O) groups is 3. The fraction of sp³-hybridized carbons (Fsp3) is 0.227. The Balaban J connectivity index is 1.58. The largest absolute Gasteiger partial charge is 0.493 e. The van der Waals surface area contributed by atoms with E-state index >= 15 is 0 Å². The summed E-state index contributed by atoms with van der Waals surface area (Å²) in [4.78, 5) is 38.1. The molecule has 0 aliphatic carbocycles. The first-order valence-electron chi connectivity index (χ1n) is 9.78. The molecule has 0 unspecified atom stereocenters. The first-order valence-corrected chi connectivity index (χ1v) is 10.7. The Morgan fingerprint density at radius 2 is 1.97 bits per heavy atom. The Labute approximate surface area is 192 Å². The highest BCUT2D eigenvalue weighted by atomic mass is 32.1. The van der Waals surface area contributed by atoms with E-state index in [9.17, 15) is 18.8 Å². The van der Waals surface area contributed by atoms with Gasteiger partial charge in [-0.3, -0.25) is 14.5 Å². The predicted molar refractivity (Wildman–Crippen MR) is 121 cm³/mol. The van der Waals surface area contributed by atoms with Gasteiger partial charge in [0.25, 0.3) is 5.91 Å². The van der Waals surface area contributed by atoms with Crippen LogP contribution < -0.4 is 20.1 Å². The summed E-state index contributed by atoms with van der Waals surface area (Å²) in [7, 11) is 2.68. The average molecular weight is 475 g/mol. The summed E-state index contributed by atoms with van der Waals surface area (Å²) in [5.41, 5.74) is 0.605. The van der Waals surface area contributed by atoms with Crippen molar-refractivity contribution >= 4 is 45.0 Å². The van der Waals surface area contributed by atoms with Crippen LogP contribution in [0.4, 0.5) is 14.9 Å². The van der Waals surface area contributed by atoms with E-state index in [-0.39, 0.29) is 18.8 Å². The second-order valence-electron chi connectivity index (χ2n) is 6.77. The van der Waals surface area contributed by atoms with E-state index in [1.165, 1.54) is 44.5 Å². The van der Waals surface area contributed by atoms with Crippen molar-refractivity contribution in [1.82, 2.24) is 10.2 Å². The number of urea groups is 1. The summed E-state index contributed by atoms with van der Waals surface area (Å²) in [5.74, 6) is -0.950. The number of halogens is 1. The van der Waals surface area contributed by atoms with Crippen LogP contribution >= 0.6 is 11.3 Å². The van der Waals surface area contributed by atoms with Crippen LogP contribution in [0.3, 0.4) is 0 Å². The smallest absolute Gasteiger partial charge is 0.328 e. The van der Waals surface area contributed by atoms with Crippen LogP contribution in [-0.4, -0.2) is 61.8 Å². The molecule has 0 bridgehead atoms. The molecule has 0 saturated carbocycles. The molecule has 3 aromatic rings. The number of likely N-dealkylation sites (N-methyl/N-ethyl adjacent to an activating group) is 1. The third kappa shape index (κ3) is 5.57. The molecule has 4 amide bonds. The molecule has 0 saturated heterocycles. The molecule has 0 atom stereocenters. The maximum absolute atomic E-state index is 13.8. The minimum Gasteiger partial charge on any atom is -0.493 e. The number of imide groups is 1. The maximum atomic E-state index is 13.8. The Kier molecular flexibility index (Phi) is 7.80. The molecule has 0 aliphatic rings.